The van der Waals surface area contributed by atoms with Gasteiger partial charge in [0.2, 0.25) is 0 Å². The molecule has 0 aliphatic rings. The molecule has 0 saturated heterocycles. The summed E-state index contributed by atoms with van der Waals surface area (Å²) < 4.78 is 4.91. The van der Waals surface area contributed by atoms with Gasteiger partial charge in [0, 0.05) is 12.3 Å². The molecule has 3 heteroatoms. The first kappa shape index (κ1) is 16.0. The van der Waals surface area contributed by atoms with Crippen LogP contribution in [0.25, 0.3) is 0 Å². The lowest BCUT2D eigenvalue weighted by atomic mass is 9.70. The summed E-state index contributed by atoms with van der Waals surface area (Å²) >= 11 is 0. The maximum Gasteiger partial charge on any atom is 0.303 e. The van der Waals surface area contributed by atoms with E-state index in [4.69, 9.17) is 4.74 Å². The lowest BCUT2D eigenvalue weighted by Crippen LogP contribution is -2.46. The Hall–Kier alpha value is -1.01. The van der Waals surface area contributed by atoms with Crippen LogP contribution in [0.5, 0.6) is 0 Å². The molecule has 0 aliphatic heterocycles. The van der Waals surface area contributed by atoms with E-state index in [-0.39, 0.29) is 17.3 Å². The van der Waals surface area contributed by atoms with Crippen LogP contribution in [0.3, 0.4) is 0 Å². The smallest absolute Gasteiger partial charge is 0.303 e. The normalized spacial score (nSPS) is 16.8. The zero-order valence-corrected chi connectivity index (χ0v) is 11.9. The van der Waals surface area contributed by atoms with Crippen molar-refractivity contribution in [3.8, 4) is 11.8 Å². The van der Waals surface area contributed by atoms with Gasteiger partial charge in [0.15, 0.2) is 6.10 Å². The molecule has 1 N–H and O–H groups in total. The van der Waals surface area contributed by atoms with Crippen molar-refractivity contribution in [1.82, 2.24) is 0 Å². The Morgan fingerprint density at radius 3 is 2.00 bits per heavy atom. The van der Waals surface area contributed by atoms with E-state index in [0.29, 0.717) is 0 Å². The van der Waals surface area contributed by atoms with Gasteiger partial charge in [-0.15, -0.1) is 0 Å². The van der Waals surface area contributed by atoms with Gasteiger partial charge in [-0.25, -0.2) is 0 Å². The zero-order valence-electron chi connectivity index (χ0n) is 11.9. The monoisotopic (exact) mass is 240 g/mol. The van der Waals surface area contributed by atoms with Crippen molar-refractivity contribution in [3.63, 3.8) is 0 Å². The molecular weight excluding hydrogens is 216 g/mol. The lowest BCUT2D eigenvalue weighted by molar-refractivity contribution is -0.143. The molecule has 0 aromatic rings. The van der Waals surface area contributed by atoms with Gasteiger partial charge in [-0.2, -0.15) is 0 Å². The third-order valence-electron chi connectivity index (χ3n) is 2.79. The largest absolute Gasteiger partial charge is 0.450 e. The molecule has 98 valence electrons. The molecule has 17 heavy (non-hydrogen) atoms. The van der Waals surface area contributed by atoms with Gasteiger partial charge in [0.05, 0.1) is 0 Å². The molecule has 0 radical (unpaired) electrons. The summed E-state index contributed by atoms with van der Waals surface area (Å²) in [5.41, 5.74) is -1.45. The highest BCUT2D eigenvalue weighted by molar-refractivity contribution is 5.66. The Kier molecular flexibility index (Phi) is 5.22. The Bertz CT molecular complexity index is 328. The van der Waals surface area contributed by atoms with Crippen molar-refractivity contribution in [2.75, 3.05) is 0 Å². The first-order valence-corrected chi connectivity index (χ1v) is 5.93. The van der Waals surface area contributed by atoms with Crippen LogP contribution >= 0.6 is 0 Å². The number of carbonyl (C=O) groups excluding carboxylic acids is 1. The van der Waals surface area contributed by atoms with Crippen molar-refractivity contribution in [1.29, 1.82) is 0 Å². The van der Waals surface area contributed by atoms with Crippen LogP contribution in [0.2, 0.25) is 0 Å². The third kappa shape index (κ3) is 4.40. The summed E-state index contributed by atoms with van der Waals surface area (Å²) in [5.74, 6) is 5.30. The highest BCUT2D eigenvalue weighted by atomic mass is 16.5. The third-order valence-corrected chi connectivity index (χ3v) is 2.79. The Labute approximate surface area is 105 Å². The summed E-state index contributed by atoms with van der Waals surface area (Å²) in [6.07, 6.45) is -0.500. The number of rotatable bonds is 2. The van der Waals surface area contributed by atoms with Crippen LogP contribution in [-0.2, 0) is 9.53 Å². The van der Waals surface area contributed by atoms with Crippen LogP contribution in [0.4, 0.5) is 0 Å². The summed E-state index contributed by atoms with van der Waals surface area (Å²) in [5, 5.41) is 10.6. The number of aliphatic hydroxyl groups is 1. The van der Waals surface area contributed by atoms with Gasteiger partial charge in [-0.05, 0) is 12.8 Å². The predicted molar refractivity (Wildman–Crippen MR) is 68.2 cm³/mol. The molecule has 0 saturated carbocycles. The van der Waals surface area contributed by atoms with Gasteiger partial charge in [0.1, 0.15) is 5.60 Å². The van der Waals surface area contributed by atoms with E-state index in [0.717, 1.165) is 0 Å². The van der Waals surface area contributed by atoms with Crippen molar-refractivity contribution in [2.24, 2.45) is 11.3 Å². The van der Waals surface area contributed by atoms with E-state index in [1.54, 1.807) is 6.92 Å². The number of hydrogen-bond acceptors (Lipinski definition) is 3. The molecule has 0 heterocycles. The first-order valence-electron chi connectivity index (χ1n) is 5.93. The second kappa shape index (κ2) is 5.55. The highest BCUT2D eigenvalue weighted by Crippen LogP contribution is 2.35. The molecule has 2 atom stereocenters. The van der Waals surface area contributed by atoms with Gasteiger partial charge in [-0.1, -0.05) is 46.5 Å². The van der Waals surface area contributed by atoms with Crippen LogP contribution in [0.1, 0.15) is 48.5 Å². The topological polar surface area (TPSA) is 46.5 Å². The van der Waals surface area contributed by atoms with Gasteiger partial charge >= 0.3 is 5.97 Å². The fourth-order valence-corrected chi connectivity index (χ4v) is 1.69. The molecule has 0 spiro atoms. The van der Waals surface area contributed by atoms with Crippen LogP contribution in [0.15, 0.2) is 0 Å². The Morgan fingerprint density at radius 2 is 1.71 bits per heavy atom. The fraction of sp³-hybridized carbons (Fsp3) is 0.786. The van der Waals surface area contributed by atoms with Crippen LogP contribution in [0, 0.1) is 23.2 Å². The van der Waals surface area contributed by atoms with E-state index >= 15 is 0 Å². The minimum atomic E-state index is -1.10. The van der Waals surface area contributed by atoms with Gasteiger partial charge in [0.25, 0.3) is 0 Å². The molecular formula is C14H24O3. The molecule has 0 aromatic carbocycles. The lowest BCUT2D eigenvalue weighted by Gasteiger charge is -2.39. The van der Waals surface area contributed by atoms with Crippen LogP contribution in [-0.4, -0.2) is 22.8 Å². The minimum Gasteiger partial charge on any atom is -0.450 e. The molecule has 0 bridgehead atoms. The van der Waals surface area contributed by atoms with Crippen LogP contribution < -0.4 is 0 Å². The average molecular weight is 240 g/mol. The van der Waals surface area contributed by atoms with Crippen molar-refractivity contribution in [3.05, 3.63) is 0 Å². The SMILES string of the molecule is CC(=O)OC(C)C#CC(O)(C(C)C)C(C)(C)C. The quantitative estimate of drug-likeness (QED) is 0.595. The van der Waals surface area contributed by atoms with E-state index in [9.17, 15) is 9.90 Å². The first-order chi connectivity index (χ1) is 7.50. The maximum atomic E-state index is 10.8. The Morgan fingerprint density at radius 1 is 1.24 bits per heavy atom. The summed E-state index contributed by atoms with van der Waals surface area (Å²) in [6.45, 7) is 12.7. The molecule has 0 aromatic heterocycles. The number of esters is 1. The van der Waals surface area contributed by atoms with Gasteiger partial charge in [-0.3, -0.25) is 4.79 Å². The predicted octanol–water partition coefficient (Wildman–Crippen LogP) is 2.37. The van der Waals surface area contributed by atoms with E-state index in [1.807, 2.05) is 34.6 Å². The molecule has 0 rings (SSSR count). The molecule has 3 nitrogen and oxygen atoms in total. The molecule has 2 unspecified atom stereocenters. The average Bonchev–Trinajstić information content (AvgIpc) is 2.10. The second-order valence-corrected chi connectivity index (χ2v) is 5.69. The summed E-state index contributed by atoms with van der Waals surface area (Å²) in [4.78, 5) is 10.8. The van der Waals surface area contributed by atoms with E-state index < -0.39 is 11.7 Å². The highest BCUT2D eigenvalue weighted by Gasteiger charge is 2.41. The second-order valence-electron chi connectivity index (χ2n) is 5.69. The summed E-state index contributed by atoms with van der Waals surface area (Å²) in [7, 11) is 0. The standard InChI is InChI=1S/C14H24O3/c1-10(2)14(16,13(5,6)7)9-8-11(3)17-12(4)15/h10-11,16H,1-7H3. The molecule has 0 fully saturated rings. The zero-order chi connectivity index (χ0) is 13.9. The van der Waals surface area contributed by atoms with E-state index in [1.165, 1.54) is 6.92 Å². The van der Waals surface area contributed by atoms with Crippen molar-refractivity contribution in [2.45, 2.75) is 60.2 Å². The Balaban J connectivity index is 5.03. The molecule has 0 amide bonds. The number of ether oxygens (including phenoxy) is 1. The van der Waals surface area contributed by atoms with Crippen molar-refractivity contribution < 1.29 is 14.6 Å². The number of hydrogen-bond donors (Lipinski definition) is 1. The van der Waals surface area contributed by atoms with E-state index in [2.05, 4.69) is 11.8 Å². The number of carbonyl (C=O) groups is 1. The maximum absolute atomic E-state index is 10.8. The van der Waals surface area contributed by atoms with Crippen molar-refractivity contribution >= 4 is 5.97 Å². The minimum absolute atomic E-state index is 0.000437. The molecule has 0 aliphatic carbocycles. The summed E-state index contributed by atoms with van der Waals surface area (Å²) in [6, 6.07) is 0. The van der Waals surface area contributed by atoms with Gasteiger partial charge < -0.3 is 9.84 Å². The fourth-order valence-electron chi connectivity index (χ4n) is 1.69.